The van der Waals surface area contributed by atoms with Gasteiger partial charge in [0.1, 0.15) is 23.8 Å². The SMILES string of the molecule is CN(C)C1=C(C#N)C(=C(C#N)C#N)CC(C)(C)C1. The lowest BCUT2D eigenvalue weighted by Crippen LogP contribution is -2.27. The van der Waals surface area contributed by atoms with Crippen molar-refractivity contribution in [3.63, 3.8) is 0 Å². The molecular formula is C14H16N4. The van der Waals surface area contributed by atoms with Crippen LogP contribution in [-0.4, -0.2) is 19.0 Å². The molecule has 0 radical (unpaired) electrons. The summed E-state index contributed by atoms with van der Waals surface area (Å²) in [6.45, 7) is 4.16. The summed E-state index contributed by atoms with van der Waals surface area (Å²) in [6.07, 6.45) is 1.36. The van der Waals surface area contributed by atoms with Crippen LogP contribution in [0, 0.1) is 39.4 Å². The quantitative estimate of drug-likeness (QED) is 0.660. The van der Waals surface area contributed by atoms with Crippen LogP contribution in [0.25, 0.3) is 0 Å². The molecule has 0 unspecified atom stereocenters. The van der Waals surface area contributed by atoms with E-state index in [-0.39, 0.29) is 11.0 Å². The maximum atomic E-state index is 9.30. The molecule has 0 aliphatic heterocycles. The molecule has 0 aromatic carbocycles. The Bertz CT molecular complexity index is 526. The zero-order chi connectivity index (χ0) is 13.9. The Balaban J connectivity index is 3.58. The third-order valence-electron chi connectivity index (χ3n) is 3.07. The monoisotopic (exact) mass is 240 g/mol. The molecule has 0 bridgehead atoms. The van der Waals surface area contributed by atoms with Gasteiger partial charge in [0.2, 0.25) is 0 Å². The van der Waals surface area contributed by atoms with Crippen LogP contribution in [0.3, 0.4) is 0 Å². The van der Waals surface area contributed by atoms with E-state index in [1.165, 1.54) is 0 Å². The highest BCUT2D eigenvalue weighted by Gasteiger charge is 2.33. The average molecular weight is 240 g/mol. The lowest BCUT2D eigenvalue weighted by Gasteiger charge is -2.35. The predicted octanol–water partition coefficient (Wildman–Crippen LogP) is 2.49. The number of nitriles is 3. The van der Waals surface area contributed by atoms with Crippen molar-refractivity contribution in [1.29, 1.82) is 15.8 Å². The highest BCUT2D eigenvalue weighted by atomic mass is 15.1. The first-order valence-corrected chi connectivity index (χ1v) is 5.70. The van der Waals surface area contributed by atoms with Crippen molar-refractivity contribution in [2.75, 3.05) is 14.1 Å². The molecule has 4 nitrogen and oxygen atoms in total. The van der Waals surface area contributed by atoms with Gasteiger partial charge in [0.05, 0.1) is 5.57 Å². The lowest BCUT2D eigenvalue weighted by atomic mass is 9.72. The maximum absolute atomic E-state index is 9.30. The molecule has 0 fully saturated rings. The number of rotatable bonds is 1. The van der Waals surface area contributed by atoms with Crippen molar-refractivity contribution in [3.05, 3.63) is 22.4 Å². The minimum absolute atomic E-state index is 0.0474. The molecule has 0 aromatic heterocycles. The Labute approximate surface area is 108 Å². The Kier molecular flexibility index (Phi) is 3.79. The van der Waals surface area contributed by atoms with Gasteiger partial charge in [-0.1, -0.05) is 13.8 Å². The van der Waals surface area contributed by atoms with Crippen LogP contribution in [0.2, 0.25) is 0 Å². The van der Waals surface area contributed by atoms with Crippen molar-refractivity contribution in [1.82, 2.24) is 4.90 Å². The normalized spacial score (nSPS) is 17.5. The van der Waals surface area contributed by atoms with Crippen molar-refractivity contribution >= 4 is 0 Å². The van der Waals surface area contributed by atoms with Crippen LogP contribution in [0.5, 0.6) is 0 Å². The molecule has 0 heterocycles. The molecule has 0 saturated heterocycles. The first kappa shape index (κ1) is 13.8. The second-order valence-electron chi connectivity index (χ2n) is 5.42. The summed E-state index contributed by atoms with van der Waals surface area (Å²) in [6, 6.07) is 5.95. The van der Waals surface area contributed by atoms with Gasteiger partial charge in [0.15, 0.2) is 0 Å². The molecule has 1 aliphatic rings. The van der Waals surface area contributed by atoms with E-state index >= 15 is 0 Å². The zero-order valence-electron chi connectivity index (χ0n) is 11.2. The van der Waals surface area contributed by atoms with Crippen LogP contribution in [-0.2, 0) is 0 Å². The number of hydrogen-bond acceptors (Lipinski definition) is 4. The van der Waals surface area contributed by atoms with E-state index < -0.39 is 0 Å². The third-order valence-corrected chi connectivity index (χ3v) is 3.07. The fourth-order valence-corrected chi connectivity index (χ4v) is 2.23. The third kappa shape index (κ3) is 2.53. The Hall–Kier alpha value is -2.25. The maximum Gasteiger partial charge on any atom is 0.134 e. The summed E-state index contributed by atoms with van der Waals surface area (Å²) in [5.74, 6) is 0. The first-order chi connectivity index (χ1) is 8.36. The fraction of sp³-hybridized carbons (Fsp3) is 0.500. The van der Waals surface area contributed by atoms with Gasteiger partial charge in [0, 0.05) is 25.4 Å². The number of allylic oxidation sites excluding steroid dienone is 4. The van der Waals surface area contributed by atoms with Crippen molar-refractivity contribution < 1.29 is 0 Å². The number of nitrogens with zero attached hydrogens (tertiary/aromatic N) is 4. The van der Waals surface area contributed by atoms with E-state index in [0.717, 1.165) is 12.1 Å². The molecule has 0 amide bonds. The second-order valence-corrected chi connectivity index (χ2v) is 5.42. The molecular weight excluding hydrogens is 224 g/mol. The molecule has 1 rings (SSSR count). The summed E-state index contributed by atoms with van der Waals surface area (Å²) >= 11 is 0. The predicted molar refractivity (Wildman–Crippen MR) is 67.6 cm³/mol. The fourth-order valence-electron chi connectivity index (χ4n) is 2.23. The van der Waals surface area contributed by atoms with E-state index in [0.29, 0.717) is 17.6 Å². The highest BCUT2D eigenvalue weighted by molar-refractivity contribution is 5.57. The summed E-state index contributed by atoms with van der Waals surface area (Å²) in [4.78, 5) is 1.89. The van der Waals surface area contributed by atoms with Crippen molar-refractivity contribution in [2.45, 2.75) is 26.7 Å². The summed E-state index contributed by atoms with van der Waals surface area (Å²) in [5, 5.41) is 27.3. The summed E-state index contributed by atoms with van der Waals surface area (Å²) in [5.41, 5.74) is 1.97. The van der Waals surface area contributed by atoms with Crippen LogP contribution < -0.4 is 0 Å². The molecule has 0 aromatic rings. The molecule has 4 heteroatoms. The van der Waals surface area contributed by atoms with E-state index in [1.54, 1.807) is 0 Å². The van der Waals surface area contributed by atoms with Gasteiger partial charge < -0.3 is 4.90 Å². The van der Waals surface area contributed by atoms with Gasteiger partial charge in [-0.25, -0.2) is 0 Å². The van der Waals surface area contributed by atoms with Gasteiger partial charge in [-0.3, -0.25) is 0 Å². The van der Waals surface area contributed by atoms with E-state index in [2.05, 4.69) is 19.9 Å². The van der Waals surface area contributed by atoms with Gasteiger partial charge >= 0.3 is 0 Å². The minimum Gasteiger partial charge on any atom is -0.380 e. The molecule has 0 saturated carbocycles. The van der Waals surface area contributed by atoms with Gasteiger partial charge in [-0.15, -0.1) is 0 Å². The minimum atomic E-state index is -0.0474. The lowest BCUT2D eigenvalue weighted by molar-refractivity contribution is 0.305. The Morgan fingerprint density at radius 2 is 1.67 bits per heavy atom. The largest absolute Gasteiger partial charge is 0.380 e. The summed E-state index contributed by atoms with van der Waals surface area (Å²) in [7, 11) is 3.76. The van der Waals surface area contributed by atoms with Crippen LogP contribution in [0.1, 0.15) is 26.7 Å². The zero-order valence-corrected chi connectivity index (χ0v) is 11.2. The highest BCUT2D eigenvalue weighted by Crippen LogP contribution is 2.43. The molecule has 18 heavy (non-hydrogen) atoms. The molecule has 0 N–H and O–H groups in total. The van der Waals surface area contributed by atoms with Gasteiger partial charge in [-0.2, -0.15) is 15.8 Å². The topological polar surface area (TPSA) is 74.6 Å². The molecule has 0 spiro atoms. The van der Waals surface area contributed by atoms with Gasteiger partial charge in [0.25, 0.3) is 0 Å². The second kappa shape index (κ2) is 4.94. The van der Waals surface area contributed by atoms with Crippen molar-refractivity contribution in [3.8, 4) is 18.2 Å². The van der Waals surface area contributed by atoms with Crippen LogP contribution in [0.4, 0.5) is 0 Å². The molecule has 1 aliphatic carbocycles. The van der Waals surface area contributed by atoms with Crippen molar-refractivity contribution in [2.24, 2.45) is 5.41 Å². The summed E-state index contributed by atoms with van der Waals surface area (Å²) < 4.78 is 0. The van der Waals surface area contributed by atoms with E-state index in [4.69, 9.17) is 10.5 Å². The van der Waals surface area contributed by atoms with E-state index in [1.807, 2.05) is 31.1 Å². The number of hydrogen-bond donors (Lipinski definition) is 0. The smallest absolute Gasteiger partial charge is 0.134 e. The van der Waals surface area contributed by atoms with Gasteiger partial charge in [-0.05, 0) is 18.3 Å². The first-order valence-electron chi connectivity index (χ1n) is 5.70. The van der Waals surface area contributed by atoms with Crippen LogP contribution >= 0.6 is 0 Å². The average Bonchev–Trinajstić information content (AvgIpc) is 2.29. The van der Waals surface area contributed by atoms with E-state index in [9.17, 15) is 5.26 Å². The standard InChI is InChI=1S/C14H16N4/c1-14(2)5-11(10(7-15)8-16)12(9-17)13(6-14)18(3)4/h5-6H2,1-4H3. The van der Waals surface area contributed by atoms with Crippen LogP contribution in [0.15, 0.2) is 22.4 Å². The Morgan fingerprint density at radius 3 is 2.06 bits per heavy atom. The Morgan fingerprint density at radius 1 is 1.11 bits per heavy atom. The molecule has 92 valence electrons. The molecule has 0 atom stereocenters.